The van der Waals surface area contributed by atoms with Crippen LogP contribution in [-0.2, 0) is 6.54 Å². The van der Waals surface area contributed by atoms with Crippen molar-refractivity contribution in [3.8, 4) is 5.69 Å². The summed E-state index contributed by atoms with van der Waals surface area (Å²) in [6.45, 7) is 8.37. The van der Waals surface area contributed by atoms with Crippen LogP contribution in [0.2, 0.25) is 0 Å². The lowest BCUT2D eigenvalue weighted by atomic mass is 10.0. The third-order valence-corrected chi connectivity index (χ3v) is 4.91. The molecule has 0 aliphatic heterocycles. The molecular weight excluding hydrogens is 378 g/mol. The summed E-state index contributed by atoms with van der Waals surface area (Å²) >= 11 is 0. The number of nitrogens with zero attached hydrogens (tertiary/aromatic N) is 2. The predicted octanol–water partition coefficient (Wildman–Crippen LogP) is 2.93. The number of β-amino-alcohol motifs (C(OH)–C–C–N with tert-alkyl or cyclic N) is 1. The molecule has 158 valence electrons. The highest BCUT2D eigenvalue weighted by Crippen LogP contribution is 2.16. The first-order valence-electron chi connectivity index (χ1n) is 10.1. The van der Waals surface area contributed by atoms with Crippen molar-refractivity contribution in [1.29, 1.82) is 0 Å². The Morgan fingerprint density at radius 3 is 2.17 bits per heavy atom. The van der Waals surface area contributed by atoms with Gasteiger partial charge in [0.25, 0.3) is 5.56 Å². The molecule has 2 aromatic carbocycles. The van der Waals surface area contributed by atoms with Crippen molar-refractivity contribution < 1.29 is 9.90 Å². The van der Waals surface area contributed by atoms with Crippen LogP contribution in [0.3, 0.4) is 0 Å². The van der Waals surface area contributed by atoms with Gasteiger partial charge in [0.15, 0.2) is 5.78 Å². The summed E-state index contributed by atoms with van der Waals surface area (Å²) in [4.78, 5) is 26.5. The van der Waals surface area contributed by atoms with Crippen LogP contribution in [0, 0.1) is 6.92 Å². The van der Waals surface area contributed by atoms with Gasteiger partial charge in [-0.15, -0.1) is 0 Å². The molecule has 3 aromatic rings. The molecule has 1 atom stereocenters. The van der Waals surface area contributed by atoms with Gasteiger partial charge in [0.2, 0.25) is 0 Å². The normalized spacial score (nSPS) is 12.7. The molecule has 2 N–H and O–H groups in total. The van der Waals surface area contributed by atoms with Gasteiger partial charge in [0, 0.05) is 23.3 Å². The van der Waals surface area contributed by atoms with Crippen LogP contribution in [0.4, 0.5) is 0 Å². The maximum absolute atomic E-state index is 13.3. The number of hydrogen-bond donors (Lipinski definition) is 2. The minimum Gasteiger partial charge on any atom is -0.390 e. The Hall–Kier alpha value is -2.96. The van der Waals surface area contributed by atoms with Gasteiger partial charge in [0.05, 0.1) is 18.3 Å². The Balaban J connectivity index is 2.06. The average molecular weight is 408 g/mol. The minimum atomic E-state index is -0.732. The smallest absolute Gasteiger partial charge is 0.282 e. The average Bonchev–Trinajstić information content (AvgIpc) is 2.96. The fraction of sp³-hybridized carbons (Fsp3) is 0.333. The molecule has 0 saturated heterocycles. The second-order valence-corrected chi connectivity index (χ2v) is 8.47. The van der Waals surface area contributed by atoms with Crippen molar-refractivity contribution in [1.82, 2.24) is 14.7 Å². The summed E-state index contributed by atoms with van der Waals surface area (Å²) in [6.07, 6.45) is -0.732. The zero-order valence-corrected chi connectivity index (χ0v) is 17.9. The number of aliphatic hydroxyl groups is 1. The van der Waals surface area contributed by atoms with E-state index in [-0.39, 0.29) is 29.0 Å². The molecule has 0 aliphatic carbocycles. The molecule has 1 aromatic heterocycles. The summed E-state index contributed by atoms with van der Waals surface area (Å²) in [5.41, 5.74) is 1.25. The van der Waals surface area contributed by atoms with Crippen LogP contribution in [0.15, 0.2) is 65.5 Å². The van der Waals surface area contributed by atoms with E-state index >= 15 is 0 Å². The molecule has 3 rings (SSSR count). The number of nitrogens with one attached hydrogen (secondary N) is 1. The van der Waals surface area contributed by atoms with Crippen LogP contribution in [0.5, 0.6) is 0 Å². The fourth-order valence-electron chi connectivity index (χ4n) is 3.38. The first kappa shape index (κ1) is 21.7. The number of para-hydroxylation sites is 1. The second kappa shape index (κ2) is 8.81. The van der Waals surface area contributed by atoms with Crippen LogP contribution < -0.4 is 10.9 Å². The standard InChI is InChI=1S/C24H29N3O3/c1-17-21(22(29)18-11-7-5-8-12-18)23(30)27(19-13-9-6-10-14-19)26(17)16-20(28)15-25-24(2,3)4/h5-14,20,25,28H,15-16H2,1-4H3/t20-/m1/s1. The summed E-state index contributed by atoms with van der Waals surface area (Å²) < 4.78 is 3.18. The molecular formula is C24H29N3O3. The van der Waals surface area contributed by atoms with Crippen LogP contribution in [0.25, 0.3) is 5.69 Å². The molecule has 0 amide bonds. The van der Waals surface area contributed by atoms with Gasteiger partial charge in [-0.3, -0.25) is 14.3 Å². The van der Waals surface area contributed by atoms with Gasteiger partial charge in [-0.25, -0.2) is 4.68 Å². The number of hydrogen-bond acceptors (Lipinski definition) is 4. The van der Waals surface area contributed by atoms with E-state index < -0.39 is 6.10 Å². The molecule has 0 spiro atoms. The van der Waals surface area contributed by atoms with E-state index in [1.807, 2.05) is 57.2 Å². The summed E-state index contributed by atoms with van der Waals surface area (Å²) in [6, 6.07) is 18.0. The predicted molar refractivity (Wildman–Crippen MR) is 118 cm³/mol. The maximum Gasteiger partial charge on any atom is 0.282 e. The molecule has 6 nitrogen and oxygen atoms in total. The summed E-state index contributed by atoms with van der Waals surface area (Å²) in [5, 5.41) is 13.9. The topological polar surface area (TPSA) is 76.3 Å². The lowest BCUT2D eigenvalue weighted by molar-refractivity contribution is 0.103. The second-order valence-electron chi connectivity index (χ2n) is 8.47. The van der Waals surface area contributed by atoms with Crippen molar-refractivity contribution in [3.63, 3.8) is 0 Å². The van der Waals surface area contributed by atoms with E-state index in [9.17, 15) is 14.7 Å². The third-order valence-electron chi connectivity index (χ3n) is 4.91. The number of benzene rings is 2. The van der Waals surface area contributed by atoms with Crippen LogP contribution in [0.1, 0.15) is 42.4 Å². The Morgan fingerprint density at radius 2 is 1.60 bits per heavy atom. The van der Waals surface area contributed by atoms with Gasteiger partial charge in [-0.05, 0) is 39.8 Å². The largest absolute Gasteiger partial charge is 0.390 e. The number of ketones is 1. The molecule has 0 radical (unpaired) electrons. The Kier molecular flexibility index (Phi) is 6.39. The first-order valence-corrected chi connectivity index (χ1v) is 10.1. The molecule has 0 bridgehead atoms. The van der Waals surface area contributed by atoms with E-state index in [4.69, 9.17) is 0 Å². The van der Waals surface area contributed by atoms with Gasteiger partial charge in [-0.1, -0.05) is 48.5 Å². The van der Waals surface area contributed by atoms with E-state index in [1.54, 1.807) is 35.9 Å². The molecule has 6 heteroatoms. The van der Waals surface area contributed by atoms with Gasteiger partial charge in [-0.2, -0.15) is 0 Å². The van der Waals surface area contributed by atoms with Crippen molar-refractivity contribution >= 4 is 5.78 Å². The SMILES string of the molecule is Cc1c(C(=O)c2ccccc2)c(=O)n(-c2ccccc2)n1C[C@H](O)CNC(C)(C)C. The number of rotatable bonds is 7. The summed E-state index contributed by atoms with van der Waals surface area (Å²) in [5.74, 6) is -0.316. The number of aromatic nitrogens is 2. The van der Waals surface area contributed by atoms with Crippen molar-refractivity contribution in [2.24, 2.45) is 0 Å². The summed E-state index contributed by atoms with van der Waals surface area (Å²) in [7, 11) is 0. The minimum absolute atomic E-state index is 0.126. The highest BCUT2D eigenvalue weighted by Gasteiger charge is 2.25. The lowest BCUT2D eigenvalue weighted by Crippen LogP contribution is -2.42. The monoisotopic (exact) mass is 407 g/mol. The van der Waals surface area contributed by atoms with Gasteiger partial charge in [0.1, 0.15) is 5.56 Å². The van der Waals surface area contributed by atoms with Crippen LogP contribution in [-0.4, -0.2) is 38.4 Å². The van der Waals surface area contributed by atoms with Crippen molar-refractivity contribution in [3.05, 3.63) is 87.8 Å². The zero-order chi connectivity index (χ0) is 21.9. The van der Waals surface area contributed by atoms with E-state index in [0.29, 0.717) is 23.5 Å². The van der Waals surface area contributed by atoms with Crippen molar-refractivity contribution in [2.45, 2.75) is 45.9 Å². The fourth-order valence-corrected chi connectivity index (χ4v) is 3.38. The van der Waals surface area contributed by atoms with Crippen molar-refractivity contribution in [2.75, 3.05) is 6.54 Å². The molecule has 1 heterocycles. The van der Waals surface area contributed by atoms with E-state index in [0.717, 1.165) is 0 Å². The maximum atomic E-state index is 13.3. The Labute approximate surface area is 176 Å². The molecule has 30 heavy (non-hydrogen) atoms. The molecule has 0 unspecified atom stereocenters. The highest BCUT2D eigenvalue weighted by molar-refractivity contribution is 6.09. The van der Waals surface area contributed by atoms with Crippen LogP contribution >= 0.6 is 0 Å². The zero-order valence-electron chi connectivity index (χ0n) is 17.9. The van der Waals surface area contributed by atoms with Gasteiger partial charge >= 0.3 is 0 Å². The first-order chi connectivity index (χ1) is 14.2. The Morgan fingerprint density at radius 1 is 1.03 bits per heavy atom. The lowest BCUT2D eigenvalue weighted by Gasteiger charge is -2.24. The quantitative estimate of drug-likeness (QED) is 0.591. The highest BCUT2D eigenvalue weighted by atomic mass is 16.3. The number of carbonyl (C=O) groups excluding carboxylic acids is 1. The molecule has 0 saturated carbocycles. The molecule has 0 aliphatic rings. The van der Waals surface area contributed by atoms with Gasteiger partial charge < -0.3 is 10.4 Å². The van der Waals surface area contributed by atoms with E-state index in [1.165, 1.54) is 4.68 Å². The number of aliphatic hydroxyl groups excluding tert-OH is 1. The third kappa shape index (κ3) is 4.78. The van der Waals surface area contributed by atoms with E-state index in [2.05, 4.69) is 5.32 Å². The number of carbonyl (C=O) groups is 1. The Bertz CT molecular complexity index is 1060. The molecule has 0 fully saturated rings.